The molecule has 0 aliphatic carbocycles. The Labute approximate surface area is 161 Å². The summed E-state index contributed by atoms with van der Waals surface area (Å²) in [5.74, 6) is 1.81. The number of benzene rings is 2. The third kappa shape index (κ3) is 4.54. The Kier molecular flexibility index (Phi) is 6.96. The molecular weight excluding hydrogens is 338 g/mol. The number of unbranched alkanes of at least 4 members (excludes halogenated alkanes) is 2. The van der Waals surface area contributed by atoms with Gasteiger partial charge in [0, 0.05) is 28.4 Å². The molecule has 0 aliphatic rings. The highest BCUT2D eigenvalue weighted by molar-refractivity contribution is 6.09. The van der Waals surface area contributed by atoms with Crippen LogP contribution in [0.3, 0.4) is 0 Å². The Morgan fingerprint density at radius 3 is 1.63 bits per heavy atom. The summed E-state index contributed by atoms with van der Waals surface area (Å²) in [6.07, 6.45) is 3.93. The molecule has 27 heavy (non-hydrogen) atoms. The van der Waals surface area contributed by atoms with E-state index in [9.17, 15) is 0 Å². The number of fused-ring (bicyclic) bond motifs is 3. The summed E-state index contributed by atoms with van der Waals surface area (Å²) in [7, 11) is 0. The third-order valence-electron chi connectivity index (χ3n) is 4.86. The first-order chi connectivity index (χ1) is 13.3. The molecule has 0 bridgehead atoms. The van der Waals surface area contributed by atoms with Crippen LogP contribution in [0.4, 0.5) is 0 Å². The number of rotatable bonds is 11. The van der Waals surface area contributed by atoms with Gasteiger partial charge in [-0.05, 0) is 82.1 Å². The van der Waals surface area contributed by atoms with Crippen LogP contribution in [0.1, 0.15) is 32.6 Å². The standard InChI is InChI=1S/C22H31N3O2/c1-2-25-21-9-7-17(26-13-5-3-11-23)15-19(21)20-16-18(8-10-22(20)25)27-14-6-4-12-24/h7-10,15-16H,2-6,11-14,23-24H2,1H3. The SMILES string of the molecule is CCn1c2ccc(OCCCCN)cc2c2cc(OCCCCN)ccc21. The number of aromatic nitrogens is 1. The third-order valence-corrected chi connectivity index (χ3v) is 4.86. The van der Waals surface area contributed by atoms with Crippen molar-refractivity contribution in [3.8, 4) is 11.5 Å². The van der Waals surface area contributed by atoms with E-state index in [1.807, 2.05) is 0 Å². The van der Waals surface area contributed by atoms with Gasteiger partial charge in [-0.25, -0.2) is 0 Å². The minimum atomic E-state index is 0.699. The second kappa shape index (κ2) is 9.62. The Bertz CT molecular complexity index is 803. The van der Waals surface area contributed by atoms with Crippen LogP contribution in [0.15, 0.2) is 36.4 Å². The molecule has 0 unspecified atom stereocenters. The number of aryl methyl sites for hydroxylation is 1. The lowest BCUT2D eigenvalue weighted by Crippen LogP contribution is -2.03. The summed E-state index contributed by atoms with van der Waals surface area (Å²) in [4.78, 5) is 0. The van der Waals surface area contributed by atoms with Crippen LogP contribution in [0.25, 0.3) is 21.8 Å². The smallest absolute Gasteiger partial charge is 0.120 e. The molecule has 0 atom stereocenters. The van der Waals surface area contributed by atoms with Crippen molar-refractivity contribution in [1.82, 2.24) is 4.57 Å². The molecule has 3 rings (SSSR count). The van der Waals surface area contributed by atoms with E-state index in [1.54, 1.807) is 0 Å². The molecule has 0 amide bonds. The molecule has 0 fully saturated rings. The molecule has 2 aromatic carbocycles. The van der Waals surface area contributed by atoms with E-state index in [0.717, 1.165) is 43.7 Å². The van der Waals surface area contributed by atoms with Crippen molar-refractivity contribution in [2.75, 3.05) is 26.3 Å². The van der Waals surface area contributed by atoms with Crippen LogP contribution < -0.4 is 20.9 Å². The van der Waals surface area contributed by atoms with Crippen LogP contribution in [0, 0.1) is 0 Å². The maximum atomic E-state index is 5.92. The maximum Gasteiger partial charge on any atom is 0.120 e. The first kappa shape index (κ1) is 19.5. The fraction of sp³-hybridized carbons (Fsp3) is 0.455. The Hall–Kier alpha value is -2.24. The Balaban J connectivity index is 1.89. The van der Waals surface area contributed by atoms with Gasteiger partial charge in [-0.2, -0.15) is 0 Å². The lowest BCUT2D eigenvalue weighted by Gasteiger charge is -2.07. The first-order valence-corrected chi connectivity index (χ1v) is 10.00. The molecular formula is C22H31N3O2. The number of ether oxygens (including phenoxy) is 2. The maximum absolute atomic E-state index is 5.92. The number of nitrogens with two attached hydrogens (primary N) is 2. The molecule has 4 N–H and O–H groups in total. The van der Waals surface area contributed by atoms with Gasteiger partial charge in [0.2, 0.25) is 0 Å². The van der Waals surface area contributed by atoms with E-state index >= 15 is 0 Å². The summed E-state index contributed by atoms with van der Waals surface area (Å²) in [5, 5.41) is 2.41. The Morgan fingerprint density at radius 2 is 1.22 bits per heavy atom. The minimum absolute atomic E-state index is 0.699. The number of nitrogens with zero attached hydrogens (tertiary/aromatic N) is 1. The van der Waals surface area contributed by atoms with Crippen molar-refractivity contribution in [1.29, 1.82) is 0 Å². The molecule has 146 valence electrons. The average molecular weight is 370 g/mol. The van der Waals surface area contributed by atoms with Gasteiger partial charge in [0.25, 0.3) is 0 Å². The molecule has 0 spiro atoms. The van der Waals surface area contributed by atoms with Gasteiger partial charge in [0.05, 0.1) is 13.2 Å². The monoisotopic (exact) mass is 369 g/mol. The molecule has 5 heteroatoms. The predicted octanol–water partition coefficient (Wildman–Crippen LogP) is 4.05. The lowest BCUT2D eigenvalue weighted by molar-refractivity contribution is 0.308. The van der Waals surface area contributed by atoms with E-state index in [0.29, 0.717) is 26.3 Å². The summed E-state index contributed by atoms with van der Waals surface area (Å²) in [6.45, 7) is 5.91. The number of hydrogen-bond donors (Lipinski definition) is 2. The van der Waals surface area contributed by atoms with E-state index in [4.69, 9.17) is 20.9 Å². The molecule has 1 aromatic heterocycles. The average Bonchev–Trinajstić information content (AvgIpc) is 3.01. The Morgan fingerprint density at radius 1 is 0.741 bits per heavy atom. The molecule has 0 aliphatic heterocycles. The molecule has 0 saturated heterocycles. The van der Waals surface area contributed by atoms with E-state index in [2.05, 4.69) is 47.9 Å². The van der Waals surface area contributed by atoms with Crippen LogP contribution in [0.2, 0.25) is 0 Å². The molecule has 3 aromatic rings. The van der Waals surface area contributed by atoms with Gasteiger partial charge in [-0.15, -0.1) is 0 Å². The minimum Gasteiger partial charge on any atom is -0.494 e. The van der Waals surface area contributed by atoms with E-state index in [-0.39, 0.29) is 0 Å². The van der Waals surface area contributed by atoms with Gasteiger partial charge in [-0.3, -0.25) is 0 Å². The van der Waals surface area contributed by atoms with Crippen LogP contribution in [-0.4, -0.2) is 30.9 Å². The highest BCUT2D eigenvalue weighted by atomic mass is 16.5. The van der Waals surface area contributed by atoms with Gasteiger partial charge in [-0.1, -0.05) is 0 Å². The molecule has 0 saturated carbocycles. The fourth-order valence-electron chi connectivity index (χ4n) is 3.46. The predicted molar refractivity (Wildman–Crippen MR) is 113 cm³/mol. The van der Waals surface area contributed by atoms with Crippen molar-refractivity contribution in [3.63, 3.8) is 0 Å². The first-order valence-electron chi connectivity index (χ1n) is 10.00. The summed E-state index contributed by atoms with van der Waals surface area (Å²) >= 11 is 0. The normalized spacial score (nSPS) is 11.4. The van der Waals surface area contributed by atoms with E-state index in [1.165, 1.54) is 21.8 Å². The van der Waals surface area contributed by atoms with Crippen molar-refractivity contribution in [2.24, 2.45) is 11.5 Å². The summed E-state index contributed by atoms with van der Waals surface area (Å²) in [5.41, 5.74) is 13.6. The lowest BCUT2D eigenvalue weighted by atomic mass is 10.1. The highest BCUT2D eigenvalue weighted by Crippen LogP contribution is 2.34. The van der Waals surface area contributed by atoms with E-state index < -0.39 is 0 Å². The zero-order valence-corrected chi connectivity index (χ0v) is 16.2. The van der Waals surface area contributed by atoms with Crippen LogP contribution >= 0.6 is 0 Å². The quantitative estimate of drug-likeness (QED) is 0.500. The zero-order valence-electron chi connectivity index (χ0n) is 16.2. The summed E-state index contributed by atoms with van der Waals surface area (Å²) in [6, 6.07) is 12.7. The molecule has 5 nitrogen and oxygen atoms in total. The summed E-state index contributed by atoms with van der Waals surface area (Å²) < 4.78 is 14.2. The highest BCUT2D eigenvalue weighted by Gasteiger charge is 2.12. The van der Waals surface area contributed by atoms with Gasteiger partial charge >= 0.3 is 0 Å². The second-order valence-electron chi connectivity index (χ2n) is 6.79. The van der Waals surface area contributed by atoms with Crippen LogP contribution in [-0.2, 0) is 6.54 Å². The van der Waals surface area contributed by atoms with Crippen molar-refractivity contribution >= 4 is 21.8 Å². The second-order valence-corrected chi connectivity index (χ2v) is 6.79. The largest absolute Gasteiger partial charge is 0.494 e. The van der Waals surface area contributed by atoms with Gasteiger partial charge in [0.1, 0.15) is 11.5 Å². The van der Waals surface area contributed by atoms with Crippen molar-refractivity contribution in [2.45, 2.75) is 39.2 Å². The topological polar surface area (TPSA) is 75.4 Å². The van der Waals surface area contributed by atoms with Gasteiger partial charge in [0.15, 0.2) is 0 Å². The van der Waals surface area contributed by atoms with Crippen molar-refractivity contribution < 1.29 is 9.47 Å². The van der Waals surface area contributed by atoms with Crippen molar-refractivity contribution in [3.05, 3.63) is 36.4 Å². The molecule has 1 heterocycles. The van der Waals surface area contributed by atoms with Gasteiger partial charge < -0.3 is 25.5 Å². The molecule has 0 radical (unpaired) electrons. The van der Waals surface area contributed by atoms with Crippen LogP contribution in [0.5, 0.6) is 11.5 Å². The zero-order chi connectivity index (χ0) is 19.1. The fourth-order valence-corrected chi connectivity index (χ4v) is 3.46. The number of hydrogen-bond acceptors (Lipinski definition) is 4.